The molecule has 22 heavy (non-hydrogen) atoms. The standard InChI is InChI=1S/C14H18N4O4/c19-11(12(20)13-16-9-17-18-13)6-7-15-14(21)22-8-10-4-2-1-3-5-10/h1-5,9,11-12,19-20H,6-8H2,(H,15,21)(H,16,17,18). The molecule has 0 saturated carbocycles. The second kappa shape index (κ2) is 8.11. The number of carbonyl (C=O) groups excluding carboxylic acids is 1. The molecule has 0 aliphatic rings. The number of nitrogens with zero attached hydrogens (tertiary/aromatic N) is 2. The number of rotatable bonds is 7. The Kier molecular flexibility index (Phi) is 5.87. The first-order valence-corrected chi connectivity index (χ1v) is 6.82. The Morgan fingerprint density at radius 1 is 1.32 bits per heavy atom. The van der Waals surface area contributed by atoms with Gasteiger partial charge in [0.25, 0.3) is 0 Å². The summed E-state index contributed by atoms with van der Waals surface area (Å²) in [7, 11) is 0. The third-order valence-corrected chi connectivity index (χ3v) is 3.00. The van der Waals surface area contributed by atoms with E-state index in [0.717, 1.165) is 5.56 Å². The van der Waals surface area contributed by atoms with Crippen LogP contribution in [0.2, 0.25) is 0 Å². The van der Waals surface area contributed by atoms with Crippen LogP contribution in [0.25, 0.3) is 0 Å². The van der Waals surface area contributed by atoms with Gasteiger partial charge in [0.2, 0.25) is 0 Å². The third-order valence-electron chi connectivity index (χ3n) is 3.00. The average molecular weight is 306 g/mol. The predicted molar refractivity (Wildman–Crippen MR) is 76.6 cm³/mol. The highest BCUT2D eigenvalue weighted by molar-refractivity contribution is 5.67. The summed E-state index contributed by atoms with van der Waals surface area (Å²) < 4.78 is 5.02. The van der Waals surface area contributed by atoms with Gasteiger partial charge in [0.1, 0.15) is 19.0 Å². The average Bonchev–Trinajstić information content (AvgIpc) is 3.07. The SMILES string of the molecule is O=C(NCCC(O)C(O)c1ncn[nH]1)OCc1ccccc1. The van der Waals surface area contributed by atoms with Crippen molar-refractivity contribution in [2.45, 2.75) is 25.2 Å². The highest BCUT2D eigenvalue weighted by Crippen LogP contribution is 2.13. The zero-order valence-electron chi connectivity index (χ0n) is 11.8. The number of carbonyl (C=O) groups is 1. The van der Waals surface area contributed by atoms with Crippen molar-refractivity contribution in [3.63, 3.8) is 0 Å². The van der Waals surface area contributed by atoms with Gasteiger partial charge < -0.3 is 20.3 Å². The number of alkyl carbamates (subject to hydrolysis) is 1. The molecule has 8 nitrogen and oxygen atoms in total. The van der Waals surface area contributed by atoms with Crippen molar-refractivity contribution in [3.05, 3.63) is 48.0 Å². The van der Waals surface area contributed by atoms with Crippen molar-refractivity contribution in [2.75, 3.05) is 6.54 Å². The number of aliphatic hydroxyl groups is 2. The van der Waals surface area contributed by atoms with Gasteiger partial charge in [0, 0.05) is 6.54 Å². The molecule has 0 saturated heterocycles. The highest BCUT2D eigenvalue weighted by atomic mass is 16.5. The largest absolute Gasteiger partial charge is 0.445 e. The molecule has 2 rings (SSSR count). The van der Waals surface area contributed by atoms with E-state index in [-0.39, 0.29) is 25.4 Å². The molecule has 2 unspecified atom stereocenters. The van der Waals surface area contributed by atoms with Gasteiger partial charge in [-0.2, -0.15) is 5.10 Å². The maximum atomic E-state index is 11.5. The lowest BCUT2D eigenvalue weighted by Crippen LogP contribution is -2.30. The van der Waals surface area contributed by atoms with Gasteiger partial charge in [0.15, 0.2) is 5.82 Å². The number of hydrogen-bond donors (Lipinski definition) is 4. The Morgan fingerprint density at radius 2 is 2.09 bits per heavy atom. The van der Waals surface area contributed by atoms with Crippen molar-refractivity contribution in [1.29, 1.82) is 0 Å². The summed E-state index contributed by atoms with van der Waals surface area (Å²) in [6, 6.07) is 9.30. The number of H-pyrrole nitrogens is 1. The highest BCUT2D eigenvalue weighted by Gasteiger charge is 2.20. The first kappa shape index (κ1) is 15.9. The van der Waals surface area contributed by atoms with Crippen molar-refractivity contribution < 1.29 is 19.7 Å². The monoisotopic (exact) mass is 306 g/mol. The summed E-state index contributed by atoms with van der Waals surface area (Å²) in [6.45, 7) is 0.343. The molecule has 0 aliphatic carbocycles. The first-order chi connectivity index (χ1) is 10.7. The van der Waals surface area contributed by atoms with Gasteiger partial charge in [0.05, 0.1) is 6.10 Å². The molecule has 1 amide bonds. The molecule has 0 bridgehead atoms. The maximum Gasteiger partial charge on any atom is 0.407 e. The lowest BCUT2D eigenvalue weighted by Gasteiger charge is -2.15. The van der Waals surface area contributed by atoms with Gasteiger partial charge in [-0.25, -0.2) is 9.78 Å². The van der Waals surface area contributed by atoms with Crippen molar-refractivity contribution in [2.24, 2.45) is 0 Å². The second-order valence-corrected chi connectivity index (χ2v) is 4.66. The number of ether oxygens (including phenoxy) is 1. The summed E-state index contributed by atoms with van der Waals surface area (Å²) >= 11 is 0. The Balaban J connectivity index is 1.64. The molecule has 2 atom stereocenters. The van der Waals surface area contributed by atoms with Gasteiger partial charge in [-0.1, -0.05) is 30.3 Å². The smallest absolute Gasteiger partial charge is 0.407 e. The zero-order valence-corrected chi connectivity index (χ0v) is 11.8. The van der Waals surface area contributed by atoms with E-state index in [1.807, 2.05) is 30.3 Å². The lowest BCUT2D eigenvalue weighted by atomic mass is 10.1. The number of nitrogens with one attached hydrogen (secondary N) is 2. The van der Waals surface area contributed by atoms with E-state index in [0.29, 0.717) is 0 Å². The minimum absolute atomic E-state index is 0.155. The summed E-state index contributed by atoms with van der Waals surface area (Å²) in [6.07, 6.45) is -1.43. The van der Waals surface area contributed by atoms with E-state index in [2.05, 4.69) is 20.5 Å². The molecule has 118 valence electrons. The van der Waals surface area contributed by atoms with E-state index in [1.54, 1.807) is 0 Å². The number of aliphatic hydroxyl groups excluding tert-OH is 2. The summed E-state index contributed by atoms with van der Waals surface area (Å²) in [5, 5.41) is 28.1. The van der Waals surface area contributed by atoms with Crippen LogP contribution < -0.4 is 5.32 Å². The predicted octanol–water partition coefficient (Wildman–Crippen LogP) is 0.515. The Labute approximate surface area is 127 Å². The normalized spacial score (nSPS) is 13.4. The van der Waals surface area contributed by atoms with E-state index >= 15 is 0 Å². The molecule has 2 aromatic rings. The van der Waals surface area contributed by atoms with Crippen molar-refractivity contribution >= 4 is 6.09 Å². The van der Waals surface area contributed by atoms with Crippen LogP contribution >= 0.6 is 0 Å². The Hall–Kier alpha value is -2.45. The summed E-state index contributed by atoms with van der Waals surface area (Å²) in [5.74, 6) is 0.180. The first-order valence-electron chi connectivity index (χ1n) is 6.82. The van der Waals surface area contributed by atoms with Gasteiger partial charge in [-0.15, -0.1) is 0 Å². The molecule has 4 N–H and O–H groups in total. The quantitative estimate of drug-likeness (QED) is 0.592. The molecule has 8 heteroatoms. The van der Waals surface area contributed by atoms with E-state index < -0.39 is 18.3 Å². The topological polar surface area (TPSA) is 120 Å². The van der Waals surface area contributed by atoms with E-state index in [4.69, 9.17) is 4.74 Å². The third kappa shape index (κ3) is 4.83. The summed E-state index contributed by atoms with van der Waals surface area (Å²) in [5.41, 5.74) is 0.887. The minimum Gasteiger partial charge on any atom is -0.445 e. The van der Waals surface area contributed by atoms with Crippen LogP contribution in [-0.2, 0) is 11.3 Å². The van der Waals surface area contributed by atoms with E-state index in [9.17, 15) is 15.0 Å². The summed E-state index contributed by atoms with van der Waals surface area (Å²) in [4.78, 5) is 15.2. The molecule has 0 aliphatic heterocycles. The Morgan fingerprint density at radius 3 is 2.77 bits per heavy atom. The van der Waals surface area contributed by atoms with Crippen LogP contribution in [0.3, 0.4) is 0 Å². The van der Waals surface area contributed by atoms with Gasteiger partial charge >= 0.3 is 6.09 Å². The van der Waals surface area contributed by atoms with Crippen LogP contribution in [0.15, 0.2) is 36.7 Å². The minimum atomic E-state index is -1.18. The zero-order chi connectivity index (χ0) is 15.8. The lowest BCUT2D eigenvalue weighted by molar-refractivity contribution is 0.00865. The van der Waals surface area contributed by atoms with Gasteiger partial charge in [-0.05, 0) is 12.0 Å². The van der Waals surface area contributed by atoms with E-state index in [1.165, 1.54) is 6.33 Å². The van der Waals surface area contributed by atoms with Gasteiger partial charge in [-0.3, -0.25) is 5.10 Å². The molecular formula is C14H18N4O4. The number of aromatic nitrogens is 3. The fraction of sp³-hybridized carbons (Fsp3) is 0.357. The molecule has 0 spiro atoms. The number of amides is 1. The molecule has 1 aromatic heterocycles. The fourth-order valence-electron chi connectivity index (χ4n) is 1.79. The fourth-order valence-corrected chi connectivity index (χ4v) is 1.79. The maximum absolute atomic E-state index is 11.5. The second-order valence-electron chi connectivity index (χ2n) is 4.66. The number of aromatic amines is 1. The molecule has 1 aromatic carbocycles. The molecular weight excluding hydrogens is 288 g/mol. The van der Waals surface area contributed by atoms with Crippen molar-refractivity contribution in [3.8, 4) is 0 Å². The molecule has 0 fully saturated rings. The Bertz CT molecular complexity index is 561. The molecule has 1 heterocycles. The van der Waals surface area contributed by atoms with Crippen LogP contribution in [0, 0.1) is 0 Å². The number of hydrogen-bond acceptors (Lipinski definition) is 6. The van der Waals surface area contributed by atoms with Crippen LogP contribution in [0.4, 0.5) is 4.79 Å². The van der Waals surface area contributed by atoms with Crippen LogP contribution in [0.5, 0.6) is 0 Å². The number of benzene rings is 1. The molecule has 0 radical (unpaired) electrons. The van der Waals surface area contributed by atoms with Crippen LogP contribution in [0.1, 0.15) is 23.9 Å². The van der Waals surface area contributed by atoms with Crippen molar-refractivity contribution in [1.82, 2.24) is 20.5 Å². The van der Waals surface area contributed by atoms with Crippen LogP contribution in [-0.4, -0.2) is 44.1 Å².